The van der Waals surface area contributed by atoms with Crippen LogP contribution >= 0.6 is 36.7 Å². The van der Waals surface area contributed by atoms with Crippen molar-refractivity contribution in [2.75, 3.05) is 0 Å². The van der Waals surface area contributed by atoms with Crippen LogP contribution in [0.4, 0.5) is 0 Å². The Labute approximate surface area is 191 Å². The Morgan fingerprint density at radius 1 is 0.400 bits per heavy atom. The second-order valence-corrected chi connectivity index (χ2v) is 8.16. The van der Waals surface area contributed by atoms with Gasteiger partial charge in [0.25, 0.3) is 0 Å². The summed E-state index contributed by atoms with van der Waals surface area (Å²) in [4.78, 5) is 0. The lowest BCUT2D eigenvalue weighted by Gasteiger charge is -2.19. The molecule has 0 atom stereocenters. The molecule has 0 aliphatic rings. The van der Waals surface area contributed by atoms with E-state index in [0.717, 1.165) is 16.7 Å². The monoisotopic (exact) mass is 447 g/mol. The number of benzene rings is 3. The molecule has 0 N–H and O–H groups in total. The first-order valence-electron chi connectivity index (χ1n) is 9.70. The van der Waals surface area contributed by atoms with E-state index in [-0.39, 0.29) is 0 Å². The van der Waals surface area contributed by atoms with Crippen LogP contribution in [0.3, 0.4) is 0 Å². The molecule has 6 heteroatoms. The molecule has 0 unspecified atom stereocenters. The van der Waals surface area contributed by atoms with E-state index >= 15 is 0 Å². The lowest BCUT2D eigenvalue weighted by Crippen LogP contribution is -2.21. The van der Waals surface area contributed by atoms with Crippen molar-refractivity contribution in [3.05, 3.63) is 122 Å². The van der Waals surface area contributed by atoms with Gasteiger partial charge in [-0.2, -0.15) is 0 Å². The molecule has 1 heterocycles. The second kappa shape index (κ2) is 9.43. The van der Waals surface area contributed by atoms with E-state index in [1.54, 1.807) is 0 Å². The molecular formula is C24H21N3S3. The van der Waals surface area contributed by atoms with Crippen molar-refractivity contribution >= 4 is 36.7 Å². The van der Waals surface area contributed by atoms with E-state index in [4.69, 9.17) is 36.7 Å². The number of aromatic nitrogens is 3. The summed E-state index contributed by atoms with van der Waals surface area (Å²) < 4.78 is 7.93. The predicted octanol–water partition coefficient (Wildman–Crippen LogP) is 6.42. The molecule has 0 spiro atoms. The number of rotatable bonds is 6. The molecule has 3 nitrogen and oxygen atoms in total. The van der Waals surface area contributed by atoms with Gasteiger partial charge in [0.05, 0.1) is 19.6 Å². The number of nitrogens with zero attached hydrogens (tertiary/aromatic N) is 3. The number of hydrogen-bond acceptors (Lipinski definition) is 3. The maximum atomic E-state index is 5.87. The Kier molecular flexibility index (Phi) is 6.47. The van der Waals surface area contributed by atoms with E-state index in [1.165, 1.54) is 0 Å². The third-order valence-corrected chi connectivity index (χ3v) is 6.26. The molecule has 30 heavy (non-hydrogen) atoms. The normalized spacial score (nSPS) is 10.8. The van der Waals surface area contributed by atoms with Gasteiger partial charge in [0.15, 0.2) is 14.3 Å². The molecule has 0 aliphatic heterocycles. The highest BCUT2D eigenvalue weighted by Crippen LogP contribution is 2.13. The van der Waals surface area contributed by atoms with Gasteiger partial charge >= 0.3 is 0 Å². The largest absolute Gasteiger partial charge is 0.291 e. The van der Waals surface area contributed by atoms with Gasteiger partial charge in [-0.1, -0.05) is 91.0 Å². The van der Waals surface area contributed by atoms with Crippen molar-refractivity contribution in [1.82, 2.24) is 13.7 Å². The van der Waals surface area contributed by atoms with Crippen LogP contribution < -0.4 is 0 Å². The Morgan fingerprint density at radius 3 is 0.867 bits per heavy atom. The molecule has 150 valence electrons. The zero-order valence-corrected chi connectivity index (χ0v) is 18.8. The summed E-state index contributed by atoms with van der Waals surface area (Å²) in [6.45, 7) is 1.83. The van der Waals surface area contributed by atoms with E-state index in [1.807, 2.05) is 68.3 Å². The lowest BCUT2D eigenvalue weighted by atomic mass is 10.2. The summed E-state index contributed by atoms with van der Waals surface area (Å²) in [7, 11) is 0. The highest BCUT2D eigenvalue weighted by molar-refractivity contribution is 7.72. The van der Waals surface area contributed by atoms with Gasteiger partial charge in [0, 0.05) is 0 Å². The topological polar surface area (TPSA) is 14.8 Å². The predicted molar refractivity (Wildman–Crippen MR) is 130 cm³/mol. The number of hydrogen-bond donors (Lipinski definition) is 0. The molecule has 0 bridgehead atoms. The third kappa shape index (κ3) is 4.56. The zero-order chi connectivity index (χ0) is 20.9. The van der Waals surface area contributed by atoms with Crippen LogP contribution in [0.15, 0.2) is 91.0 Å². The van der Waals surface area contributed by atoms with Crippen LogP contribution in [0.1, 0.15) is 16.7 Å². The summed E-state index contributed by atoms with van der Waals surface area (Å²) in [5.41, 5.74) is 3.44. The van der Waals surface area contributed by atoms with E-state index in [0.29, 0.717) is 33.9 Å². The SMILES string of the molecule is S=c1n(Cc2ccccc2)c(=S)n(Cc2ccccc2)c(=S)n1Cc1ccccc1. The maximum absolute atomic E-state index is 5.87. The smallest absolute Gasteiger partial charge is 0.184 e. The Morgan fingerprint density at radius 2 is 0.633 bits per heavy atom. The summed E-state index contributed by atoms with van der Waals surface area (Å²) in [5, 5.41) is 0. The van der Waals surface area contributed by atoms with Crippen LogP contribution in [0.5, 0.6) is 0 Å². The van der Waals surface area contributed by atoms with Crippen molar-refractivity contribution in [3.63, 3.8) is 0 Å². The van der Waals surface area contributed by atoms with Crippen LogP contribution in [0.25, 0.3) is 0 Å². The Hall–Kier alpha value is -2.67. The van der Waals surface area contributed by atoms with Crippen LogP contribution in [0, 0.1) is 14.3 Å². The highest BCUT2D eigenvalue weighted by atomic mass is 32.1. The molecule has 0 saturated heterocycles. The van der Waals surface area contributed by atoms with Gasteiger partial charge < -0.3 is 0 Å². The van der Waals surface area contributed by atoms with Crippen molar-refractivity contribution in [2.45, 2.75) is 19.6 Å². The maximum Gasteiger partial charge on any atom is 0.184 e. The molecule has 0 aliphatic carbocycles. The van der Waals surface area contributed by atoms with Gasteiger partial charge in [-0.3, -0.25) is 13.7 Å². The molecule has 4 rings (SSSR count). The average molecular weight is 448 g/mol. The Bertz CT molecular complexity index is 1110. The fourth-order valence-electron chi connectivity index (χ4n) is 3.39. The van der Waals surface area contributed by atoms with Gasteiger partial charge in [0.1, 0.15) is 0 Å². The molecular weight excluding hydrogens is 426 g/mol. The summed E-state index contributed by atoms with van der Waals surface area (Å²) in [5.74, 6) is 0. The fourth-order valence-corrected chi connectivity index (χ4v) is 4.47. The van der Waals surface area contributed by atoms with E-state index < -0.39 is 0 Å². The third-order valence-electron chi connectivity index (χ3n) is 4.94. The van der Waals surface area contributed by atoms with Crippen LogP contribution in [-0.4, -0.2) is 13.7 Å². The minimum absolute atomic E-state index is 0.609. The minimum atomic E-state index is 0.609. The molecule has 4 aromatic rings. The van der Waals surface area contributed by atoms with Gasteiger partial charge in [-0.05, 0) is 53.3 Å². The second-order valence-electron chi connectivity index (χ2n) is 7.06. The first-order valence-corrected chi connectivity index (χ1v) is 10.9. The zero-order valence-electron chi connectivity index (χ0n) is 16.3. The fraction of sp³-hybridized carbons (Fsp3) is 0.125. The van der Waals surface area contributed by atoms with Crippen molar-refractivity contribution < 1.29 is 0 Å². The van der Waals surface area contributed by atoms with Crippen molar-refractivity contribution in [1.29, 1.82) is 0 Å². The van der Waals surface area contributed by atoms with Gasteiger partial charge in [-0.15, -0.1) is 0 Å². The summed E-state index contributed by atoms with van der Waals surface area (Å²) in [6, 6.07) is 30.7. The molecule has 0 radical (unpaired) electrons. The van der Waals surface area contributed by atoms with E-state index in [2.05, 4.69) is 36.4 Å². The van der Waals surface area contributed by atoms with E-state index in [9.17, 15) is 0 Å². The van der Waals surface area contributed by atoms with Crippen LogP contribution in [-0.2, 0) is 19.6 Å². The average Bonchev–Trinajstić information content (AvgIpc) is 2.79. The standard InChI is InChI=1S/C24H21N3S3/c28-22-25(16-19-10-4-1-5-11-19)23(29)27(18-21-14-8-3-9-15-21)24(30)26(22)17-20-12-6-2-7-13-20/h1-15H,16-18H2. The highest BCUT2D eigenvalue weighted by Gasteiger charge is 2.10. The minimum Gasteiger partial charge on any atom is -0.291 e. The van der Waals surface area contributed by atoms with Gasteiger partial charge in [-0.25, -0.2) is 0 Å². The summed E-state index contributed by atoms with van der Waals surface area (Å²) >= 11 is 17.6. The molecule has 0 saturated carbocycles. The molecule has 0 amide bonds. The summed E-state index contributed by atoms with van der Waals surface area (Å²) in [6.07, 6.45) is 0. The van der Waals surface area contributed by atoms with Gasteiger partial charge in [0.2, 0.25) is 0 Å². The molecule has 0 fully saturated rings. The molecule has 3 aromatic carbocycles. The van der Waals surface area contributed by atoms with Crippen molar-refractivity contribution in [2.24, 2.45) is 0 Å². The molecule has 1 aromatic heterocycles. The van der Waals surface area contributed by atoms with Crippen LogP contribution in [0.2, 0.25) is 0 Å². The van der Waals surface area contributed by atoms with Crippen molar-refractivity contribution in [3.8, 4) is 0 Å². The Balaban J connectivity index is 1.87. The quantitative estimate of drug-likeness (QED) is 0.317. The lowest BCUT2D eigenvalue weighted by molar-refractivity contribution is 0.541. The first kappa shape index (κ1) is 20.6. The first-order chi connectivity index (χ1) is 14.6.